The minimum Gasteiger partial charge on any atom is -0.493 e. The molecule has 0 radical (unpaired) electrons. The number of primary amides is 1. The van der Waals surface area contributed by atoms with Crippen molar-refractivity contribution in [2.75, 3.05) is 73.8 Å². The minimum absolute atomic E-state index is 0.0174. The van der Waals surface area contributed by atoms with E-state index in [-0.39, 0.29) is 40.7 Å². The van der Waals surface area contributed by atoms with Crippen molar-refractivity contribution in [3.8, 4) is 23.0 Å². The summed E-state index contributed by atoms with van der Waals surface area (Å²) in [5.74, 6) is -0.651. The van der Waals surface area contributed by atoms with Crippen LogP contribution in [0.1, 0.15) is 63.2 Å². The number of halogens is 1. The monoisotopic (exact) mass is 647 g/mol. The number of hydrogen-bond donors (Lipinski definition) is 1. The summed E-state index contributed by atoms with van der Waals surface area (Å²) < 4.78 is 33.7. The molecule has 3 unspecified atom stereocenters. The van der Waals surface area contributed by atoms with E-state index in [2.05, 4.69) is 9.80 Å². The van der Waals surface area contributed by atoms with Crippen LogP contribution < -0.4 is 24.7 Å². The number of nitrogens with zero attached hydrogens (tertiary/aromatic N) is 2. The maximum absolute atomic E-state index is 13.4. The quantitative estimate of drug-likeness (QED) is 0.458. The fraction of sp³-hybridized carbons (Fsp3) is 0.531. The first-order valence-corrected chi connectivity index (χ1v) is 15.5. The van der Waals surface area contributed by atoms with Crippen molar-refractivity contribution in [2.24, 2.45) is 5.73 Å². The Labute approximate surface area is 268 Å². The molecule has 0 aliphatic carbocycles. The van der Waals surface area contributed by atoms with Crippen LogP contribution in [-0.2, 0) is 9.47 Å². The molecule has 13 heteroatoms. The lowest BCUT2D eigenvalue weighted by molar-refractivity contribution is 0.0221. The Kier molecular flexibility index (Phi) is 12.5. The lowest BCUT2D eigenvalue weighted by Gasteiger charge is -2.25. The van der Waals surface area contributed by atoms with Gasteiger partial charge in [0, 0.05) is 26.2 Å². The van der Waals surface area contributed by atoms with Gasteiger partial charge in [-0.05, 0) is 69.5 Å². The van der Waals surface area contributed by atoms with Crippen molar-refractivity contribution in [1.29, 1.82) is 0 Å². The number of fused-ring (bicyclic) bond motifs is 5. The third kappa shape index (κ3) is 9.15. The number of methoxy groups -OCH3 is 3. The van der Waals surface area contributed by atoms with Crippen molar-refractivity contribution in [2.45, 2.75) is 38.2 Å². The standard InChI is InChI=1S/C32H42ClN3O9/c1-40-26-19-22(20-27(41-2)29(26)42-3)32(39)45-23-7-4-15-43-25-18-21(17-24(28(25)33)30(34)37)31(38)44-16-6-11-35-9-5-10-36(12-8-23)14-13-35/h17-20,23H,4-16H2,1-3H3,(H2,34,37). The molecule has 2 N–H and O–H groups in total. The second-order valence-corrected chi connectivity index (χ2v) is 11.3. The molecule has 3 atom stereocenters. The minimum atomic E-state index is -0.786. The van der Waals surface area contributed by atoms with Crippen LogP contribution in [0.15, 0.2) is 24.3 Å². The first-order chi connectivity index (χ1) is 21.7. The summed E-state index contributed by atoms with van der Waals surface area (Å²) in [5.41, 5.74) is 5.90. The predicted molar refractivity (Wildman–Crippen MR) is 167 cm³/mol. The van der Waals surface area contributed by atoms with Crippen molar-refractivity contribution in [3.63, 3.8) is 0 Å². The van der Waals surface area contributed by atoms with E-state index in [1.807, 2.05) is 0 Å². The zero-order valence-electron chi connectivity index (χ0n) is 26.1. The van der Waals surface area contributed by atoms with Gasteiger partial charge >= 0.3 is 11.9 Å². The van der Waals surface area contributed by atoms with Crippen molar-refractivity contribution >= 4 is 29.4 Å². The van der Waals surface area contributed by atoms with Crippen LogP contribution in [0, 0.1) is 0 Å². The van der Waals surface area contributed by atoms with Gasteiger partial charge in [0.05, 0.1) is 56.3 Å². The molecule has 2 heterocycles. The number of carbonyl (C=O) groups is 3. The lowest BCUT2D eigenvalue weighted by atomic mass is 10.1. The van der Waals surface area contributed by atoms with Crippen LogP contribution in [0.4, 0.5) is 0 Å². The number of cyclic esters (lactones) is 1. The number of carbonyl (C=O) groups excluding carboxylic acids is 3. The molecule has 0 spiro atoms. The molecule has 246 valence electrons. The van der Waals surface area contributed by atoms with Gasteiger partial charge in [0.2, 0.25) is 11.7 Å². The molecule has 45 heavy (non-hydrogen) atoms. The normalized spacial score (nSPS) is 21.5. The maximum Gasteiger partial charge on any atom is 0.338 e. The van der Waals surface area contributed by atoms with Gasteiger partial charge in [0.15, 0.2) is 11.5 Å². The molecular formula is C32H42ClN3O9. The highest BCUT2D eigenvalue weighted by Gasteiger charge is 2.24. The summed E-state index contributed by atoms with van der Waals surface area (Å²) >= 11 is 6.42. The molecule has 2 aliphatic heterocycles. The molecular weight excluding hydrogens is 606 g/mol. The summed E-state index contributed by atoms with van der Waals surface area (Å²) in [4.78, 5) is 43.0. The van der Waals surface area contributed by atoms with E-state index in [1.165, 1.54) is 33.5 Å². The molecule has 4 rings (SSSR count). The second-order valence-electron chi connectivity index (χ2n) is 10.9. The highest BCUT2D eigenvalue weighted by Crippen LogP contribution is 2.38. The van der Waals surface area contributed by atoms with Crippen LogP contribution in [-0.4, -0.2) is 108 Å². The van der Waals surface area contributed by atoms with E-state index in [4.69, 9.17) is 45.8 Å². The van der Waals surface area contributed by atoms with Crippen LogP contribution in [0.5, 0.6) is 23.0 Å². The summed E-state index contributed by atoms with van der Waals surface area (Å²) in [6.45, 7) is 5.64. The molecule has 12 nitrogen and oxygen atoms in total. The number of benzene rings is 2. The Morgan fingerprint density at radius 1 is 0.822 bits per heavy atom. The molecule has 1 fully saturated rings. The van der Waals surface area contributed by atoms with Crippen molar-refractivity contribution in [1.82, 2.24) is 9.80 Å². The average molecular weight is 648 g/mol. The van der Waals surface area contributed by atoms with E-state index < -0.39 is 23.9 Å². The van der Waals surface area contributed by atoms with Gasteiger partial charge in [-0.1, -0.05) is 11.6 Å². The molecule has 1 amide bonds. The molecule has 2 aliphatic rings. The highest BCUT2D eigenvalue weighted by atomic mass is 35.5. The summed E-state index contributed by atoms with van der Waals surface area (Å²) in [6.07, 6.45) is 2.88. The van der Waals surface area contributed by atoms with Gasteiger partial charge in [-0.15, -0.1) is 0 Å². The molecule has 4 bridgehead atoms. The fourth-order valence-corrected chi connectivity index (χ4v) is 5.77. The van der Waals surface area contributed by atoms with Gasteiger partial charge < -0.3 is 44.0 Å². The number of nitrogens with two attached hydrogens (primary N) is 1. The Bertz CT molecular complexity index is 1330. The van der Waals surface area contributed by atoms with E-state index in [0.717, 1.165) is 45.7 Å². The van der Waals surface area contributed by atoms with Gasteiger partial charge in [0.25, 0.3) is 0 Å². The maximum atomic E-state index is 13.4. The Morgan fingerprint density at radius 2 is 1.47 bits per heavy atom. The van der Waals surface area contributed by atoms with Gasteiger partial charge in [-0.2, -0.15) is 0 Å². The van der Waals surface area contributed by atoms with Crippen LogP contribution >= 0.6 is 11.6 Å². The van der Waals surface area contributed by atoms with Crippen LogP contribution in [0.2, 0.25) is 5.02 Å². The van der Waals surface area contributed by atoms with Gasteiger partial charge in [-0.25, -0.2) is 9.59 Å². The number of esters is 2. The van der Waals surface area contributed by atoms with Crippen molar-refractivity contribution in [3.05, 3.63) is 46.0 Å². The topological polar surface area (TPSA) is 139 Å². The SMILES string of the molecule is COc1cc(C(=O)OC2CCCOc3cc(cc(C(N)=O)c3Cl)C(=O)OCCCN3CCCN(CC2)CC3)cc(OC)c1OC. The van der Waals surface area contributed by atoms with E-state index >= 15 is 0 Å². The molecule has 1 saturated heterocycles. The smallest absolute Gasteiger partial charge is 0.338 e. The summed E-state index contributed by atoms with van der Waals surface area (Å²) in [5, 5.41) is 0.0174. The fourth-order valence-electron chi connectivity index (χ4n) is 5.51. The third-order valence-corrected chi connectivity index (χ3v) is 8.33. The van der Waals surface area contributed by atoms with Crippen molar-refractivity contribution < 1.29 is 42.8 Å². The first kappa shape index (κ1) is 34.1. The largest absolute Gasteiger partial charge is 0.493 e. The summed E-state index contributed by atoms with van der Waals surface area (Å²) in [6, 6.07) is 5.91. The van der Waals surface area contributed by atoms with E-state index in [1.54, 1.807) is 12.1 Å². The number of amides is 1. The molecule has 0 aromatic heterocycles. The zero-order valence-corrected chi connectivity index (χ0v) is 26.9. The molecule has 2 aromatic rings. The summed E-state index contributed by atoms with van der Waals surface area (Å²) in [7, 11) is 4.47. The molecule has 0 saturated carbocycles. The average Bonchev–Trinajstić information content (AvgIpc) is 3.27. The van der Waals surface area contributed by atoms with Gasteiger partial charge in [0.1, 0.15) is 11.9 Å². The lowest BCUT2D eigenvalue weighted by Crippen LogP contribution is -2.34. The molecule has 2 aromatic carbocycles. The highest BCUT2D eigenvalue weighted by molar-refractivity contribution is 6.35. The van der Waals surface area contributed by atoms with E-state index in [9.17, 15) is 14.4 Å². The Balaban J connectivity index is 1.55. The van der Waals surface area contributed by atoms with E-state index in [0.29, 0.717) is 42.9 Å². The number of hydrogen-bond acceptors (Lipinski definition) is 11. The Morgan fingerprint density at radius 3 is 2.11 bits per heavy atom. The van der Waals surface area contributed by atoms with Gasteiger partial charge in [-0.3, -0.25) is 4.79 Å². The first-order valence-electron chi connectivity index (χ1n) is 15.1. The predicted octanol–water partition coefficient (Wildman–Crippen LogP) is 3.81. The van der Waals surface area contributed by atoms with Crippen LogP contribution in [0.3, 0.4) is 0 Å². The Hall–Kier alpha value is -3.74. The van der Waals surface area contributed by atoms with Crippen LogP contribution in [0.25, 0.3) is 0 Å². The number of ether oxygens (including phenoxy) is 6. The third-order valence-electron chi connectivity index (χ3n) is 7.94. The number of rotatable bonds is 6. The zero-order chi connectivity index (χ0) is 32.3. The second kappa shape index (κ2) is 16.5.